The highest BCUT2D eigenvalue weighted by Gasteiger charge is 2.28. The third kappa shape index (κ3) is 2.95. The van der Waals surface area contributed by atoms with Crippen molar-refractivity contribution in [3.63, 3.8) is 0 Å². The van der Waals surface area contributed by atoms with Crippen LogP contribution < -0.4 is 5.32 Å². The van der Waals surface area contributed by atoms with E-state index in [0.29, 0.717) is 12.0 Å². The van der Waals surface area contributed by atoms with Crippen LogP contribution in [-0.2, 0) is 0 Å². The average molecular weight is 298 g/mol. The van der Waals surface area contributed by atoms with Gasteiger partial charge in [-0.3, -0.25) is 4.99 Å². The van der Waals surface area contributed by atoms with Gasteiger partial charge in [0.15, 0.2) is 0 Å². The molecule has 0 bridgehead atoms. The Morgan fingerprint density at radius 3 is 2.95 bits per heavy atom. The molecule has 4 aliphatic rings. The van der Waals surface area contributed by atoms with Crippen LogP contribution in [0.25, 0.3) is 0 Å². The number of allylic oxidation sites excluding steroid dienone is 6. The van der Waals surface area contributed by atoms with E-state index in [1.165, 1.54) is 47.6 Å². The normalized spacial score (nSPS) is 29.3. The topological polar surface area (TPSA) is 24.4 Å². The molecule has 0 saturated heterocycles. The summed E-state index contributed by atoms with van der Waals surface area (Å²) in [5.74, 6) is 1.87. The lowest BCUT2D eigenvalue weighted by Gasteiger charge is -2.22. The van der Waals surface area contributed by atoms with Gasteiger partial charge in [-0.25, -0.2) is 0 Å². The second-order valence-electron chi connectivity index (χ2n) is 6.43. The minimum Gasteiger partial charge on any atom is -0.306 e. The zero-order chi connectivity index (χ0) is 14.2. The number of hydrogen-bond donors (Lipinski definition) is 1. The first-order chi connectivity index (χ1) is 10.3. The molecular weight excluding hydrogens is 276 g/mol. The summed E-state index contributed by atoms with van der Waals surface area (Å²) in [6.07, 6.45) is 14.2. The second kappa shape index (κ2) is 5.62. The monoisotopic (exact) mass is 298 g/mol. The lowest BCUT2D eigenvalue weighted by molar-refractivity contribution is 0.601. The molecule has 0 aromatic heterocycles. The largest absolute Gasteiger partial charge is 0.306 e. The highest BCUT2D eigenvalue weighted by Crippen LogP contribution is 2.34. The van der Waals surface area contributed by atoms with Gasteiger partial charge in [-0.15, -0.1) is 11.8 Å². The van der Waals surface area contributed by atoms with Gasteiger partial charge in [0, 0.05) is 18.5 Å². The fourth-order valence-electron chi connectivity index (χ4n) is 3.21. The van der Waals surface area contributed by atoms with E-state index in [2.05, 4.69) is 42.0 Å². The number of rotatable bonds is 4. The Kier molecular flexibility index (Phi) is 3.64. The summed E-state index contributed by atoms with van der Waals surface area (Å²) in [5.41, 5.74) is 5.35. The van der Waals surface area contributed by atoms with Crippen molar-refractivity contribution in [2.45, 2.75) is 44.7 Å². The SMILES string of the molecule is CC(NC1CC1)C1=CC2=CC=C(C3C=CSCC3)CC2=N1. The summed E-state index contributed by atoms with van der Waals surface area (Å²) in [6, 6.07) is 1.11. The van der Waals surface area contributed by atoms with Crippen LogP contribution in [0, 0.1) is 5.92 Å². The van der Waals surface area contributed by atoms with E-state index in [1.54, 1.807) is 0 Å². The molecule has 1 N–H and O–H groups in total. The Bertz CT molecular complexity index is 590. The van der Waals surface area contributed by atoms with Crippen LogP contribution in [0.2, 0.25) is 0 Å². The van der Waals surface area contributed by atoms with Crippen molar-refractivity contribution in [1.29, 1.82) is 0 Å². The van der Waals surface area contributed by atoms with Gasteiger partial charge in [0.1, 0.15) is 0 Å². The second-order valence-corrected chi connectivity index (χ2v) is 7.44. The molecular formula is C18H22N2S. The highest BCUT2D eigenvalue weighted by molar-refractivity contribution is 8.02. The molecule has 2 atom stereocenters. The summed E-state index contributed by atoms with van der Waals surface area (Å²) >= 11 is 1.93. The summed E-state index contributed by atoms with van der Waals surface area (Å²) in [6.45, 7) is 2.24. The maximum Gasteiger partial charge on any atom is 0.0580 e. The number of nitrogens with one attached hydrogen (secondary N) is 1. The Morgan fingerprint density at radius 2 is 2.19 bits per heavy atom. The van der Waals surface area contributed by atoms with Crippen molar-refractivity contribution in [1.82, 2.24) is 5.32 Å². The van der Waals surface area contributed by atoms with E-state index in [9.17, 15) is 0 Å². The van der Waals surface area contributed by atoms with Gasteiger partial charge < -0.3 is 5.32 Å². The van der Waals surface area contributed by atoms with Crippen LogP contribution in [0.5, 0.6) is 0 Å². The highest BCUT2D eigenvalue weighted by atomic mass is 32.2. The summed E-state index contributed by atoms with van der Waals surface area (Å²) < 4.78 is 0. The van der Waals surface area contributed by atoms with Crippen LogP contribution in [0.3, 0.4) is 0 Å². The van der Waals surface area contributed by atoms with Crippen molar-refractivity contribution in [3.8, 4) is 0 Å². The number of hydrogen-bond acceptors (Lipinski definition) is 3. The third-order valence-electron chi connectivity index (χ3n) is 4.69. The quantitative estimate of drug-likeness (QED) is 0.848. The average Bonchev–Trinajstić information content (AvgIpc) is 3.23. The Balaban J connectivity index is 1.47. The molecule has 0 aromatic rings. The van der Waals surface area contributed by atoms with Crippen molar-refractivity contribution in [2.75, 3.05) is 5.75 Å². The molecule has 4 rings (SSSR count). The van der Waals surface area contributed by atoms with Gasteiger partial charge in [-0.05, 0) is 54.9 Å². The molecule has 1 saturated carbocycles. The molecule has 3 heteroatoms. The number of aliphatic imine (C=N–C) groups is 1. The fraction of sp³-hybridized carbons (Fsp3) is 0.500. The van der Waals surface area contributed by atoms with E-state index in [0.717, 1.165) is 12.5 Å². The lowest BCUT2D eigenvalue weighted by atomic mass is 9.87. The molecule has 1 fully saturated rings. The zero-order valence-corrected chi connectivity index (χ0v) is 13.3. The smallest absolute Gasteiger partial charge is 0.0580 e. The van der Waals surface area contributed by atoms with E-state index in [1.807, 2.05) is 11.8 Å². The van der Waals surface area contributed by atoms with Crippen molar-refractivity contribution < 1.29 is 0 Å². The Labute approximate surface area is 131 Å². The van der Waals surface area contributed by atoms with Crippen molar-refractivity contribution >= 4 is 17.5 Å². The minimum atomic E-state index is 0.380. The van der Waals surface area contributed by atoms with Crippen molar-refractivity contribution in [3.05, 3.63) is 46.6 Å². The molecule has 0 radical (unpaired) electrons. The molecule has 2 aliphatic carbocycles. The van der Waals surface area contributed by atoms with Gasteiger partial charge in [-0.2, -0.15) is 0 Å². The van der Waals surface area contributed by atoms with Crippen LogP contribution in [-0.4, -0.2) is 23.5 Å². The number of nitrogens with zero attached hydrogens (tertiary/aromatic N) is 1. The Hall–Kier alpha value is -1.06. The molecule has 2 aliphatic heterocycles. The maximum absolute atomic E-state index is 4.91. The molecule has 2 unspecified atom stereocenters. The molecule has 0 amide bonds. The van der Waals surface area contributed by atoms with E-state index in [4.69, 9.17) is 4.99 Å². The predicted octanol–water partition coefficient (Wildman–Crippen LogP) is 3.99. The van der Waals surface area contributed by atoms with Gasteiger partial charge in [0.2, 0.25) is 0 Å². The molecule has 110 valence electrons. The molecule has 0 aromatic carbocycles. The summed E-state index contributed by atoms with van der Waals surface area (Å²) in [7, 11) is 0. The van der Waals surface area contributed by atoms with Crippen LogP contribution >= 0.6 is 11.8 Å². The Morgan fingerprint density at radius 1 is 1.29 bits per heavy atom. The summed E-state index contributed by atoms with van der Waals surface area (Å²) in [4.78, 5) is 4.91. The van der Waals surface area contributed by atoms with Gasteiger partial charge in [0.25, 0.3) is 0 Å². The predicted molar refractivity (Wildman–Crippen MR) is 91.6 cm³/mol. The first-order valence-electron chi connectivity index (χ1n) is 8.04. The summed E-state index contributed by atoms with van der Waals surface area (Å²) in [5, 5.41) is 5.91. The zero-order valence-electron chi connectivity index (χ0n) is 12.5. The first kappa shape index (κ1) is 13.6. The van der Waals surface area contributed by atoms with Gasteiger partial charge in [-0.1, -0.05) is 23.8 Å². The minimum absolute atomic E-state index is 0.380. The van der Waals surface area contributed by atoms with Crippen LogP contribution in [0.4, 0.5) is 0 Å². The maximum atomic E-state index is 4.91. The first-order valence-corrected chi connectivity index (χ1v) is 9.09. The van der Waals surface area contributed by atoms with E-state index in [-0.39, 0.29) is 0 Å². The molecule has 21 heavy (non-hydrogen) atoms. The third-order valence-corrected chi connectivity index (χ3v) is 5.51. The number of fused-ring (bicyclic) bond motifs is 1. The van der Waals surface area contributed by atoms with Crippen LogP contribution in [0.1, 0.15) is 32.6 Å². The standard InChI is InChI=1S/C18H22N2S/c1-12(19-16-4-5-16)17-11-15-3-2-14(10-18(15)20-17)13-6-8-21-9-7-13/h2-3,6,8,11-13,16,19H,4-5,7,9-10H2,1H3. The van der Waals surface area contributed by atoms with E-state index >= 15 is 0 Å². The van der Waals surface area contributed by atoms with Crippen LogP contribution in [0.15, 0.2) is 51.5 Å². The number of thioether (sulfide) groups is 1. The lowest BCUT2D eigenvalue weighted by Crippen LogP contribution is -2.28. The fourth-order valence-corrected chi connectivity index (χ4v) is 4.04. The molecule has 2 heterocycles. The van der Waals surface area contributed by atoms with Gasteiger partial charge >= 0.3 is 0 Å². The van der Waals surface area contributed by atoms with E-state index < -0.39 is 0 Å². The molecule has 0 spiro atoms. The molecule has 2 nitrogen and oxygen atoms in total. The van der Waals surface area contributed by atoms with Crippen molar-refractivity contribution in [2.24, 2.45) is 10.9 Å². The van der Waals surface area contributed by atoms with Gasteiger partial charge in [0.05, 0.1) is 11.4 Å².